The number of aliphatic hydroxyl groups excluding tert-OH is 1. The van der Waals surface area contributed by atoms with E-state index in [2.05, 4.69) is 29.2 Å². The lowest BCUT2D eigenvalue weighted by Crippen LogP contribution is -2.28. The number of rotatable bonds is 5. The van der Waals surface area contributed by atoms with Gasteiger partial charge in [-0.15, -0.1) is 11.8 Å². The lowest BCUT2D eigenvalue weighted by atomic mass is 9.87. The molecule has 2 aromatic rings. The molecule has 1 aromatic carbocycles. The van der Waals surface area contributed by atoms with E-state index in [-0.39, 0.29) is 5.41 Å². The van der Waals surface area contributed by atoms with Crippen LogP contribution in [0.2, 0.25) is 0 Å². The fourth-order valence-corrected chi connectivity index (χ4v) is 2.64. The molecule has 0 saturated heterocycles. The largest absolute Gasteiger partial charge is 0.392 e. The first kappa shape index (κ1) is 16.0. The molecular formula is C16H22N2O2S. The Labute approximate surface area is 130 Å². The molecule has 2 rings (SSSR count). The average Bonchev–Trinajstić information content (AvgIpc) is 2.84. The molecule has 4 nitrogen and oxygen atoms in total. The summed E-state index contributed by atoms with van der Waals surface area (Å²) < 4.78 is 5.21. The van der Waals surface area contributed by atoms with E-state index in [1.165, 1.54) is 10.5 Å². The minimum absolute atomic E-state index is 0.190. The SMILES string of the molecule is Cc1ccccc1SCc1noc(CC(O)C(C)(C)C)n1. The second kappa shape index (κ2) is 6.62. The maximum absolute atomic E-state index is 10.1. The van der Waals surface area contributed by atoms with Crippen LogP contribution in [-0.4, -0.2) is 21.4 Å². The molecule has 1 atom stereocenters. The molecule has 5 heteroatoms. The van der Waals surface area contributed by atoms with Gasteiger partial charge in [0.1, 0.15) is 0 Å². The highest BCUT2D eigenvalue weighted by Gasteiger charge is 2.24. The Hall–Kier alpha value is -1.33. The van der Waals surface area contributed by atoms with Gasteiger partial charge in [-0.25, -0.2) is 0 Å². The molecule has 1 N–H and O–H groups in total. The van der Waals surface area contributed by atoms with Gasteiger partial charge in [-0.1, -0.05) is 44.1 Å². The molecule has 0 spiro atoms. The Bertz CT molecular complexity index is 590. The number of hydrogen-bond acceptors (Lipinski definition) is 5. The number of aromatic nitrogens is 2. The Kier molecular flexibility index (Phi) is 5.06. The van der Waals surface area contributed by atoms with E-state index in [9.17, 15) is 5.11 Å². The zero-order chi connectivity index (χ0) is 15.5. The quantitative estimate of drug-likeness (QED) is 0.855. The Morgan fingerprint density at radius 2 is 2.00 bits per heavy atom. The molecule has 0 saturated carbocycles. The van der Waals surface area contributed by atoms with Crippen molar-refractivity contribution in [2.75, 3.05) is 0 Å². The van der Waals surface area contributed by atoms with Gasteiger partial charge in [0.2, 0.25) is 5.89 Å². The van der Waals surface area contributed by atoms with Gasteiger partial charge in [0.25, 0.3) is 0 Å². The first-order valence-electron chi connectivity index (χ1n) is 7.04. The van der Waals surface area contributed by atoms with Crippen LogP contribution in [0.25, 0.3) is 0 Å². The molecule has 0 aliphatic carbocycles. The van der Waals surface area contributed by atoms with E-state index in [1.54, 1.807) is 11.8 Å². The third-order valence-corrected chi connectivity index (χ3v) is 4.50. The number of nitrogens with zero attached hydrogens (tertiary/aromatic N) is 2. The highest BCUT2D eigenvalue weighted by Crippen LogP contribution is 2.25. The Morgan fingerprint density at radius 1 is 1.29 bits per heavy atom. The molecule has 1 unspecified atom stereocenters. The lowest BCUT2D eigenvalue weighted by molar-refractivity contribution is 0.0565. The van der Waals surface area contributed by atoms with E-state index in [0.29, 0.717) is 23.9 Å². The molecule has 21 heavy (non-hydrogen) atoms. The highest BCUT2D eigenvalue weighted by atomic mass is 32.2. The van der Waals surface area contributed by atoms with E-state index in [4.69, 9.17) is 4.52 Å². The summed E-state index contributed by atoms with van der Waals surface area (Å²) in [5, 5.41) is 14.0. The second-order valence-electron chi connectivity index (χ2n) is 6.24. The second-order valence-corrected chi connectivity index (χ2v) is 7.26. The van der Waals surface area contributed by atoms with Gasteiger partial charge in [-0.2, -0.15) is 4.98 Å². The lowest BCUT2D eigenvalue weighted by Gasteiger charge is -2.24. The molecule has 0 amide bonds. The first-order chi connectivity index (χ1) is 9.86. The fourth-order valence-electron chi connectivity index (χ4n) is 1.76. The van der Waals surface area contributed by atoms with Gasteiger partial charge in [0, 0.05) is 4.90 Å². The molecule has 0 bridgehead atoms. The topological polar surface area (TPSA) is 59.2 Å². The number of benzene rings is 1. The molecule has 1 heterocycles. The van der Waals surface area contributed by atoms with Crippen molar-refractivity contribution in [3.05, 3.63) is 41.5 Å². The average molecular weight is 306 g/mol. The van der Waals surface area contributed by atoms with Gasteiger partial charge < -0.3 is 9.63 Å². The molecule has 114 valence electrons. The number of thioether (sulfide) groups is 1. The van der Waals surface area contributed by atoms with Crippen LogP contribution in [0.4, 0.5) is 0 Å². The first-order valence-corrected chi connectivity index (χ1v) is 8.03. The van der Waals surface area contributed by atoms with E-state index >= 15 is 0 Å². The van der Waals surface area contributed by atoms with Crippen LogP contribution in [0.3, 0.4) is 0 Å². The Balaban J connectivity index is 1.93. The normalized spacial score (nSPS) is 13.4. The third kappa shape index (κ3) is 4.58. The maximum Gasteiger partial charge on any atom is 0.229 e. The van der Waals surface area contributed by atoms with E-state index in [1.807, 2.05) is 32.9 Å². The van der Waals surface area contributed by atoms with Crippen LogP contribution < -0.4 is 0 Å². The van der Waals surface area contributed by atoms with Gasteiger partial charge in [0.15, 0.2) is 5.82 Å². The number of hydrogen-bond donors (Lipinski definition) is 1. The zero-order valence-electron chi connectivity index (χ0n) is 13.0. The minimum Gasteiger partial charge on any atom is -0.392 e. The van der Waals surface area contributed by atoms with Gasteiger partial charge in [-0.05, 0) is 24.0 Å². The predicted molar refractivity (Wildman–Crippen MR) is 84.2 cm³/mol. The molecule has 0 radical (unpaired) electrons. The molecule has 1 aromatic heterocycles. The van der Waals surface area contributed by atoms with Crippen molar-refractivity contribution in [2.24, 2.45) is 5.41 Å². The van der Waals surface area contributed by atoms with Gasteiger partial charge in [0.05, 0.1) is 18.3 Å². The summed E-state index contributed by atoms with van der Waals surface area (Å²) >= 11 is 1.69. The Morgan fingerprint density at radius 3 is 2.67 bits per heavy atom. The van der Waals surface area contributed by atoms with Crippen molar-refractivity contribution in [1.82, 2.24) is 10.1 Å². The number of aryl methyl sites for hydroxylation is 1. The maximum atomic E-state index is 10.1. The summed E-state index contributed by atoms with van der Waals surface area (Å²) in [6, 6.07) is 8.23. The summed E-state index contributed by atoms with van der Waals surface area (Å²) in [7, 11) is 0. The standard InChI is InChI=1S/C16H22N2O2S/c1-11-7-5-6-8-12(11)21-10-14-17-15(20-18-14)9-13(19)16(2,3)4/h5-8,13,19H,9-10H2,1-4H3. The predicted octanol–water partition coefficient (Wildman–Crippen LogP) is 3.62. The van der Waals surface area contributed by atoms with Crippen LogP contribution in [0.5, 0.6) is 0 Å². The molecular weight excluding hydrogens is 284 g/mol. The highest BCUT2D eigenvalue weighted by molar-refractivity contribution is 7.98. The summed E-state index contributed by atoms with van der Waals surface area (Å²) in [6.07, 6.45) is -0.0965. The summed E-state index contributed by atoms with van der Waals surface area (Å²) in [4.78, 5) is 5.57. The smallest absolute Gasteiger partial charge is 0.229 e. The summed E-state index contributed by atoms with van der Waals surface area (Å²) in [5.41, 5.74) is 1.05. The van der Waals surface area contributed by atoms with Gasteiger partial charge >= 0.3 is 0 Å². The van der Waals surface area contributed by atoms with Crippen molar-refractivity contribution >= 4 is 11.8 Å². The monoisotopic (exact) mass is 306 g/mol. The fraction of sp³-hybridized carbons (Fsp3) is 0.500. The van der Waals surface area contributed by atoms with Crippen LogP contribution in [0.1, 0.15) is 38.0 Å². The van der Waals surface area contributed by atoms with Crippen molar-refractivity contribution in [1.29, 1.82) is 0 Å². The van der Waals surface area contributed by atoms with Crippen LogP contribution in [0, 0.1) is 12.3 Å². The van der Waals surface area contributed by atoms with Gasteiger partial charge in [-0.3, -0.25) is 0 Å². The van der Waals surface area contributed by atoms with Crippen molar-refractivity contribution < 1.29 is 9.63 Å². The van der Waals surface area contributed by atoms with Crippen LogP contribution in [0.15, 0.2) is 33.7 Å². The molecule has 0 aliphatic rings. The number of aliphatic hydroxyl groups is 1. The van der Waals surface area contributed by atoms with E-state index in [0.717, 1.165) is 0 Å². The van der Waals surface area contributed by atoms with Crippen molar-refractivity contribution in [3.63, 3.8) is 0 Å². The molecule has 0 aliphatic heterocycles. The zero-order valence-corrected chi connectivity index (χ0v) is 13.8. The molecule has 0 fully saturated rings. The van der Waals surface area contributed by atoms with Crippen molar-refractivity contribution in [3.8, 4) is 0 Å². The third-order valence-electron chi connectivity index (χ3n) is 3.33. The van der Waals surface area contributed by atoms with E-state index < -0.39 is 6.10 Å². The van der Waals surface area contributed by atoms with Crippen molar-refractivity contribution in [2.45, 2.75) is 50.9 Å². The minimum atomic E-state index is -0.491. The summed E-state index contributed by atoms with van der Waals surface area (Å²) in [5.74, 6) is 1.83. The van der Waals surface area contributed by atoms with Crippen LogP contribution in [-0.2, 0) is 12.2 Å². The van der Waals surface area contributed by atoms with Crippen LogP contribution >= 0.6 is 11.8 Å². The summed E-state index contributed by atoms with van der Waals surface area (Å²) in [6.45, 7) is 8.05.